The van der Waals surface area contributed by atoms with E-state index >= 15 is 0 Å². The Morgan fingerprint density at radius 1 is 0.374 bits per heavy atom. The Balaban J connectivity index is 0.000000137. The first-order valence-corrected chi connectivity index (χ1v) is 48.0. The number of carbonyl (C=O) groups excluding carboxylic acids is 6. The molecule has 18 heterocycles. The maximum Gasteiger partial charge on any atom is 0.410 e. The number of aromatic nitrogens is 3. The Morgan fingerprint density at radius 2 is 0.715 bits per heavy atom. The van der Waals surface area contributed by atoms with Gasteiger partial charge in [0.25, 0.3) is 0 Å². The molecule has 32 heteroatoms. The molecule has 16 saturated heterocycles. The number of nitrogens with zero attached hydrogens (tertiary/aromatic N) is 19. The second-order valence-electron chi connectivity index (χ2n) is 39.0. The minimum absolute atomic E-state index is 0.101. The van der Waals surface area contributed by atoms with Gasteiger partial charge in [-0.05, 0) is 333 Å². The molecule has 8 amide bonds. The summed E-state index contributed by atoms with van der Waals surface area (Å²) < 4.78 is 25.6. The molecule has 0 aromatic carbocycles. The van der Waals surface area contributed by atoms with Crippen LogP contribution in [0, 0.1) is 11.8 Å². The van der Waals surface area contributed by atoms with Gasteiger partial charge in [-0.3, -0.25) is 34.5 Å². The number of nitrogens with one attached hydrogen (secondary N) is 2. The van der Waals surface area contributed by atoms with E-state index in [-0.39, 0.29) is 48.5 Å². The number of piperidine rings is 8. The van der Waals surface area contributed by atoms with Crippen molar-refractivity contribution in [2.24, 2.45) is 11.8 Å². The monoisotopic (exact) mass is 1730 g/mol. The zero-order valence-electron chi connectivity index (χ0n) is 78.5. The van der Waals surface area contributed by atoms with Crippen molar-refractivity contribution in [2.45, 2.75) is 267 Å². The van der Waals surface area contributed by atoms with E-state index < -0.39 is 0 Å². The number of amides is 8. The third kappa shape index (κ3) is 27.1. The molecule has 2 aromatic heterocycles. The Bertz CT molecular complexity index is 3240. The smallest absolute Gasteiger partial charge is 0.410 e. The molecule has 18 rings (SSSR count). The molecule has 16 aliphatic rings. The first-order chi connectivity index (χ1) is 59.3. The zero-order valence-corrected chi connectivity index (χ0v) is 78.5. The number of hydrogen-bond donors (Lipinski definition) is 2. The van der Waals surface area contributed by atoms with Crippen molar-refractivity contribution in [1.82, 2.24) is 104 Å². The average Bonchev–Trinajstić information content (AvgIpc) is 1.70. The van der Waals surface area contributed by atoms with E-state index in [4.69, 9.17) is 23.5 Å². The van der Waals surface area contributed by atoms with Crippen molar-refractivity contribution in [3.8, 4) is 0 Å². The number of ether oxygens (including phenoxy) is 4. The van der Waals surface area contributed by atoms with Crippen LogP contribution in [0.3, 0.4) is 0 Å². The maximum atomic E-state index is 11.8. The van der Waals surface area contributed by atoms with Crippen molar-refractivity contribution in [3.05, 3.63) is 36.0 Å². The molecule has 2 unspecified atom stereocenters. The Kier molecular flexibility index (Phi) is 38.1. The van der Waals surface area contributed by atoms with E-state index in [1.807, 2.05) is 53.6 Å². The SMILES string of the molecule is CC(C)[C@@H]1COC(=O)N1C1CCN(C)CC1.CC(C)[C@H]1COC(=O)N1C1CCN(C)CC1.CC[C@@H]1COC(=O)N1C1CCN(C)CC1.CC[C@H]1COC(=O)N1C1CCN(C)CC1.CN1CCC(N2CCCC2c2ccn[nH]2)CC1.CN1CCC(N2CCCC2c2ccon2)CC1.CN1CCC(N2CCN(C)C2=O)CC1.CN1CCC(N2CCNC2=O)CC1. The van der Waals surface area contributed by atoms with Gasteiger partial charge in [-0.1, -0.05) is 46.7 Å². The summed E-state index contributed by atoms with van der Waals surface area (Å²) in [6, 6.07) is 10.9. The van der Waals surface area contributed by atoms with Gasteiger partial charge in [0.15, 0.2) is 0 Å². The fraction of sp³-hybridized carbons (Fsp3) is 0.868. The third-order valence-electron chi connectivity index (χ3n) is 29.7. The van der Waals surface area contributed by atoms with Gasteiger partial charge in [0.05, 0.1) is 41.9 Å². The van der Waals surface area contributed by atoms with E-state index in [1.165, 1.54) is 96.3 Å². The Labute approximate surface area is 738 Å². The Hall–Kier alpha value is -6.36. The highest BCUT2D eigenvalue weighted by Crippen LogP contribution is 2.38. The van der Waals surface area contributed by atoms with Gasteiger partial charge in [-0.2, -0.15) is 5.10 Å². The van der Waals surface area contributed by atoms with Gasteiger partial charge < -0.3 is 82.7 Å². The molecule has 16 aliphatic heterocycles. The lowest BCUT2D eigenvalue weighted by Gasteiger charge is -2.37. The topological polar surface area (TPSA) is 261 Å². The lowest BCUT2D eigenvalue weighted by Crippen LogP contribution is -2.49. The number of cyclic esters (lactones) is 4. The van der Waals surface area contributed by atoms with Crippen molar-refractivity contribution >= 4 is 36.4 Å². The summed E-state index contributed by atoms with van der Waals surface area (Å²) in [5, 5.41) is 14.2. The third-order valence-corrected chi connectivity index (χ3v) is 29.7. The van der Waals surface area contributed by atoms with E-state index in [9.17, 15) is 28.8 Å². The molecule has 698 valence electrons. The van der Waals surface area contributed by atoms with Crippen LogP contribution in [0.4, 0.5) is 28.8 Å². The van der Waals surface area contributed by atoms with Crippen LogP contribution in [0.1, 0.15) is 206 Å². The fourth-order valence-electron chi connectivity index (χ4n) is 21.4. The van der Waals surface area contributed by atoms with Gasteiger partial charge in [0.1, 0.15) is 38.4 Å². The summed E-state index contributed by atoms with van der Waals surface area (Å²) in [6.07, 6.45) is 28.7. The molecule has 2 aromatic rings. The molecular formula is C91H163N21O11. The molecule has 0 aliphatic carbocycles. The summed E-state index contributed by atoms with van der Waals surface area (Å²) in [6.45, 7) is 39.3. The van der Waals surface area contributed by atoms with E-state index in [1.54, 1.807) is 6.26 Å². The second-order valence-corrected chi connectivity index (χ2v) is 39.0. The van der Waals surface area contributed by atoms with Crippen LogP contribution in [0.25, 0.3) is 0 Å². The van der Waals surface area contributed by atoms with Crippen molar-refractivity contribution in [3.63, 3.8) is 0 Å². The first kappa shape index (κ1) is 97.3. The highest BCUT2D eigenvalue weighted by atomic mass is 16.6. The average molecular weight is 1730 g/mol. The van der Waals surface area contributed by atoms with Gasteiger partial charge >= 0.3 is 36.4 Å². The maximum absolute atomic E-state index is 11.8. The molecule has 0 radical (unpaired) electrons. The minimum atomic E-state index is -0.103. The predicted octanol–water partition coefficient (Wildman–Crippen LogP) is 9.84. The highest BCUT2D eigenvalue weighted by molar-refractivity contribution is 5.77. The quantitative estimate of drug-likeness (QED) is 0.167. The van der Waals surface area contributed by atoms with Gasteiger partial charge in [-0.15, -0.1) is 0 Å². The van der Waals surface area contributed by atoms with Crippen LogP contribution in [0.15, 0.2) is 29.1 Å². The summed E-state index contributed by atoms with van der Waals surface area (Å²) in [7, 11) is 19.2. The van der Waals surface area contributed by atoms with Gasteiger partial charge in [-0.25, -0.2) is 28.8 Å². The largest absolute Gasteiger partial charge is 0.447 e. The van der Waals surface area contributed by atoms with Crippen molar-refractivity contribution < 1.29 is 52.2 Å². The molecule has 6 atom stereocenters. The standard InChI is InChI=1S/C13H22N4.C13H21N3O.2C12H22N2O2.2C11H20N2O2.C10H19N3O.C9H17N3O/c1-16-9-5-11(6-10-16)17-8-2-3-13(17)12-4-7-14-15-12;1-15-8-4-11(5-9-15)16-7-2-3-13(16)12-6-10-17-14-12;2*1-9(2)11-8-16-12(15)14(11)10-4-6-13(3)7-5-10;2*1-3-9-8-15-11(14)13(9)10-4-6-12(2)7-5-10;1-11-5-3-9(4-6-11)13-8-7-12(2)10(13)14;1-11-5-2-8(3-6-11)12-7-4-10-9(12)13/h4,7,11,13H,2-3,5-6,8-10H2,1H3,(H,14,15);6,10-11,13H,2-5,7-9H2,1H3;2*9-11H,4-8H2,1-3H3;2*9-10H,3-8H2,1-2H3;9H,3-8H2,1-2H3;8H,2-7H2,1H3,(H,10,13)/t;;2*11-;2*9-;;/m..1010../s1. The number of carbonyl (C=O) groups is 6. The molecule has 2 N–H and O–H groups in total. The number of H-pyrrole nitrogens is 1. The molecule has 16 fully saturated rings. The fourth-order valence-corrected chi connectivity index (χ4v) is 21.4. The number of hydrogen-bond acceptors (Lipinski definition) is 23. The Morgan fingerprint density at radius 3 is 1.04 bits per heavy atom. The van der Waals surface area contributed by atoms with Crippen LogP contribution in [0.2, 0.25) is 0 Å². The zero-order chi connectivity index (χ0) is 87.8. The number of urea groups is 2. The molecule has 0 spiro atoms. The highest BCUT2D eigenvalue weighted by Gasteiger charge is 2.45. The number of likely N-dealkylation sites (tertiary alicyclic amines) is 10. The number of aromatic amines is 1. The van der Waals surface area contributed by atoms with Gasteiger partial charge in [0.2, 0.25) is 0 Å². The van der Waals surface area contributed by atoms with E-state index in [0.29, 0.717) is 98.7 Å². The van der Waals surface area contributed by atoms with Crippen LogP contribution in [-0.2, 0) is 18.9 Å². The van der Waals surface area contributed by atoms with E-state index in [2.05, 4.69) is 174 Å². The number of rotatable bonds is 14. The number of likely N-dealkylation sites (N-methyl/N-ethyl adjacent to an activating group) is 1. The van der Waals surface area contributed by atoms with Crippen LogP contribution in [0.5, 0.6) is 0 Å². The van der Waals surface area contributed by atoms with Crippen LogP contribution in [-0.4, -0.2) is 441 Å². The normalized spacial score (nSPS) is 28.5. The molecule has 0 bridgehead atoms. The summed E-state index contributed by atoms with van der Waals surface area (Å²) in [5.41, 5.74) is 2.43. The van der Waals surface area contributed by atoms with Crippen molar-refractivity contribution in [2.75, 3.05) is 234 Å². The van der Waals surface area contributed by atoms with Crippen LogP contribution < -0.4 is 5.32 Å². The summed E-state index contributed by atoms with van der Waals surface area (Å²) >= 11 is 0. The lowest BCUT2D eigenvalue weighted by molar-refractivity contribution is 0.106. The predicted molar refractivity (Wildman–Crippen MR) is 480 cm³/mol. The van der Waals surface area contributed by atoms with Crippen LogP contribution >= 0.6 is 0 Å². The van der Waals surface area contributed by atoms with Crippen molar-refractivity contribution in [1.29, 1.82) is 0 Å². The first-order valence-electron chi connectivity index (χ1n) is 48.0. The minimum Gasteiger partial charge on any atom is -0.447 e. The summed E-state index contributed by atoms with van der Waals surface area (Å²) in [5.74, 6) is 0.956. The van der Waals surface area contributed by atoms with Gasteiger partial charge in [0, 0.05) is 93.8 Å². The molecular weight excluding hydrogens is 1560 g/mol. The molecule has 0 saturated carbocycles. The lowest BCUT2D eigenvalue weighted by atomic mass is 9.98. The second kappa shape index (κ2) is 48.2. The van der Waals surface area contributed by atoms with E-state index in [0.717, 1.165) is 212 Å². The summed E-state index contributed by atoms with van der Waals surface area (Å²) in [4.78, 5) is 108. The molecule has 123 heavy (non-hydrogen) atoms. The molecule has 32 nitrogen and oxygen atoms in total.